The van der Waals surface area contributed by atoms with Crippen molar-refractivity contribution in [3.8, 4) is 5.75 Å². The third-order valence-corrected chi connectivity index (χ3v) is 3.20. The Morgan fingerprint density at radius 2 is 2.06 bits per heavy atom. The molecule has 1 N–H and O–H groups in total. The second-order valence-electron chi connectivity index (χ2n) is 5.55. The molecule has 1 heterocycles. The van der Waals surface area contributed by atoms with Gasteiger partial charge in [-0.25, -0.2) is 0 Å². The molecule has 0 bridgehead atoms. The fourth-order valence-corrected chi connectivity index (χ4v) is 2.38. The van der Waals surface area contributed by atoms with Crippen LogP contribution in [0.1, 0.15) is 39.3 Å². The zero-order valence-corrected chi connectivity index (χ0v) is 11.7. The highest BCUT2D eigenvalue weighted by Crippen LogP contribution is 2.42. The second kappa shape index (κ2) is 5.29. The van der Waals surface area contributed by atoms with E-state index in [9.17, 15) is 0 Å². The van der Waals surface area contributed by atoms with Crippen molar-refractivity contribution in [3.63, 3.8) is 0 Å². The zero-order valence-electron chi connectivity index (χ0n) is 11.7. The Kier molecular flexibility index (Phi) is 3.93. The van der Waals surface area contributed by atoms with Gasteiger partial charge in [0.25, 0.3) is 0 Å². The van der Waals surface area contributed by atoms with E-state index in [1.54, 1.807) is 0 Å². The first-order valence-corrected chi connectivity index (χ1v) is 6.63. The van der Waals surface area contributed by atoms with Crippen LogP contribution in [-0.4, -0.2) is 24.9 Å². The van der Waals surface area contributed by atoms with E-state index in [4.69, 9.17) is 9.47 Å². The van der Waals surface area contributed by atoms with Crippen molar-refractivity contribution in [1.29, 1.82) is 0 Å². The van der Waals surface area contributed by atoms with Crippen molar-refractivity contribution < 1.29 is 9.47 Å². The molecule has 0 fully saturated rings. The average molecular weight is 249 g/mol. The molecule has 1 aromatic carbocycles. The molecular weight excluding hydrogens is 226 g/mol. The number of para-hydroxylation sites is 1. The Bertz CT molecular complexity index is 401. The van der Waals surface area contributed by atoms with Crippen molar-refractivity contribution in [1.82, 2.24) is 5.32 Å². The van der Waals surface area contributed by atoms with E-state index in [1.165, 1.54) is 5.56 Å². The quantitative estimate of drug-likeness (QED) is 0.814. The molecule has 0 spiro atoms. The summed E-state index contributed by atoms with van der Waals surface area (Å²) in [5.74, 6) is 0.991. The van der Waals surface area contributed by atoms with Crippen LogP contribution in [0.3, 0.4) is 0 Å². The summed E-state index contributed by atoms with van der Waals surface area (Å²) in [5, 5.41) is 3.53. The molecule has 0 radical (unpaired) electrons. The molecule has 0 aliphatic carbocycles. The summed E-state index contributed by atoms with van der Waals surface area (Å²) in [7, 11) is 0. The summed E-state index contributed by atoms with van der Waals surface area (Å²) < 4.78 is 11.5. The maximum atomic E-state index is 5.98. The van der Waals surface area contributed by atoms with Gasteiger partial charge in [0.15, 0.2) is 0 Å². The van der Waals surface area contributed by atoms with Crippen LogP contribution in [0.5, 0.6) is 5.75 Å². The van der Waals surface area contributed by atoms with Gasteiger partial charge in [-0.15, -0.1) is 0 Å². The molecule has 0 amide bonds. The minimum Gasteiger partial charge on any atom is -0.486 e. The van der Waals surface area contributed by atoms with Crippen LogP contribution in [0.2, 0.25) is 0 Å². The van der Waals surface area contributed by atoms with Crippen molar-refractivity contribution in [3.05, 3.63) is 29.8 Å². The molecular formula is C15H23NO2. The van der Waals surface area contributed by atoms with Crippen LogP contribution in [0, 0.1) is 0 Å². The average Bonchev–Trinajstić information content (AvgIpc) is 2.54. The van der Waals surface area contributed by atoms with Crippen LogP contribution < -0.4 is 10.1 Å². The third-order valence-electron chi connectivity index (χ3n) is 3.20. The Morgan fingerprint density at radius 1 is 1.33 bits per heavy atom. The van der Waals surface area contributed by atoms with Crippen molar-refractivity contribution >= 4 is 0 Å². The number of hydrogen-bond donors (Lipinski definition) is 1. The van der Waals surface area contributed by atoms with E-state index in [1.807, 2.05) is 12.1 Å². The van der Waals surface area contributed by atoms with Gasteiger partial charge in [0, 0.05) is 12.1 Å². The molecule has 1 unspecified atom stereocenters. The Morgan fingerprint density at radius 3 is 2.78 bits per heavy atom. The van der Waals surface area contributed by atoms with E-state index in [-0.39, 0.29) is 17.7 Å². The lowest BCUT2D eigenvalue weighted by atomic mass is 9.94. The van der Waals surface area contributed by atoms with Crippen LogP contribution in [0.15, 0.2) is 24.3 Å². The molecule has 1 atom stereocenters. The summed E-state index contributed by atoms with van der Waals surface area (Å²) in [6.07, 6.45) is 0.284. The normalized spacial score (nSPS) is 20.8. The van der Waals surface area contributed by atoms with Crippen molar-refractivity contribution in [2.45, 2.75) is 45.4 Å². The first-order chi connectivity index (χ1) is 8.50. The molecule has 0 saturated heterocycles. The van der Waals surface area contributed by atoms with E-state index < -0.39 is 0 Å². The Hall–Kier alpha value is -1.06. The maximum Gasteiger partial charge on any atom is 0.125 e. The highest BCUT2D eigenvalue weighted by Gasteiger charge is 2.40. The monoisotopic (exact) mass is 249 g/mol. The lowest BCUT2D eigenvalue weighted by Crippen LogP contribution is -2.40. The van der Waals surface area contributed by atoms with Crippen LogP contribution in [0.25, 0.3) is 0 Å². The number of hydrogen-bond acceptors (Lipinski definition) is 3. The number of nitrogens with one attached hydrogen (secondary N) is 1. The number of rotatable bonds is 5. The molecule has 2 rings (SSSR count). The van der Waals surface area contributed by atoms with E-state index in [2.05, 4.69) is 45.1 Å². The topological polar surface area (TPSA) is 30.5 Å². The molecule has 1 aromatic rings. The van der Waals surface area contributed by atoms with Gasteiger partial charge in [0.2, 0.25) is 0 Å². The van der Waals surface area contributed by atoms with Crippen molar-refractivity contribution in [2.75, 3.05) is 13.2 Å². The largest absolute Gasteiger partial charge is 0.486 e. The van der Waals surface area contributed by atoms with Gasteiger partial charge in [-0.05, 0) is 33.8 Å². The van der Waals surface area contributed by atoms with Gasteiger partial charge in [-0.3, -0.25) is 0 Å². The Balaban J connectivity index is 1.98. The van der Waals surface area contributed by atoms with Crippen molar-refractivity contribution in [2.24, 2.45) is 0 Å². The van der Waals surface area contributed by atoms with Gasteiger partial charge < -0.3 is 14.8 Å². The van der Waals surface area contributed by atoms with Crippen LogP contribution in [0.4, 0.5) is 0 Å². The molecule has 1 aliphatic heterocycles. The van der Waals surface area contributed by atoms with Gasteiger partial charge in [-0.2, -0.15) is 0 Å². The smallest absolute Gasteiger partial charge is 0.125 e. The van der Waals surface area contributed by atoms with E-state index in [0.717, 1.165) is 18.9 Å². The summed E-state index contributed by atoms with van der Waals surface area (Å²) in [5.41, 5.74) is 1.04. The van der Waals surface area contributed by atoms with Gasteiger partial charge in [-0.1, -0.05) is 18.2 Å². The zero-order chi connectivity index (χ0) is 13.2. The first kappa shape index (κ1) is 13.4. The fourth-order valence-electron chi connectivity index (χ4n) is 2.38. The lowest BCUT2D eigenvalue weighted by Gasteiger charge is -2.27. The molecule has 0 saturated carbocycles. The minimum atomic E-state index is -0.207. The molecule has 1 aliphatic rings. The summed E-state index contributed by atoms with van der Waals surface area (Å²) in [6.45, 7) is 9.91. The SMILES string of the molecule is CC(C)OCCNC1c2ccccc2OC1(C)C. The summed E-state index contributed by atoms with van der Waals surface area (Å²) in [4.78, 5) is 0. The predicted octanol–water partition coefficient (Wildman–Crippen LogP) is 2.91. The Labute approximate surface area is 109 Å². The summed E-state index contributed by atoms with van der Waals surface area (Å²) in [6, 6.07) is 8.46. The van der Waals surface area contributed by atoms with Crippen LogP contribution in [-0.2, 0) is 4.74 Å². The fraction of sp³-hybridized carbons (Fsp3) is 0.600. The standard InChI is InChI=1S/C15H23NO2/c1-11(2)17-10-9-16-14-12-7-5-6-8-13(12)18-15(14,3)4/h5-8,11,14,16H,9-10H2,1-4H3. The van der Waals surface area contributed by atoms with E-state index >= 15 is 0 Å². The third kappa shape index (κ3) is 2.85. The van der Waals surface area contributed by atoms with Gasteiger partial charge in [0.1, 0.15) is 11.4 Å². The highest BCUT2D eigenvalue weighted by molar-refractivity contribution is 5.42. The molecule has 100 valence electrons. The number of fused-ring (bicyclic) bond motifs is 1. The van der Waals surface area contributed by atoms with Crippen LogP contribution >= 0.6 is 0 Å². The maximum absolute atomic E-state index is 5.98. The minimum absolute atomic E-state index is 0.207. The highest BCUT2D eigenvalue weighted by atomic mass is 16.5. The molecule has 18 heavy (non-hydrogen) atoms. The number of ether oxygens (including phenoxy) is 2. The molecule has 3 nitrogen and oxygen atoms in total. The lowest BCUT2D eigenvalue weighted by molar-refractivity contribution is 0.0650. The van der Waals surface area contributed by atoms with E-state index in [0.29, 0.717) is 0 Å². The second-order valence-corrected chi connectivity index (χ2v) is 5.55. The predicted molar refractivity (Wildman–Crippen MR) is 73.0 cm³/mol. The first-order valence-electron chi connectivity index (χ1n) is 6.63. The summed E-state index contributed by atoms with van der Waals surface area (Å²) >= 11 is 0. The number of benzene rings is 1. The molecule has 3 heteroatoms. The molecule has 0 aromatic heterocycles. The van der Waals surface area contributed by atoms with Gasteiger partial charge >= 0.3 is 0 Å². The van der Waals surface area contributed by atoms with Gasteiger partial charge in [0.05, 0.1) is 18.8 Å².